The Kier molecular flexibility index (Phi) is 5.16. The molecule has 0 aromatic heterocycles. The van der Waals surface area contributed by atoms with Crippen LogP contribution in [0, 0.1) is 0 Å². The van der Waals surface area contributed by atoms with Crippen molar-refractivity contribution < 1.29 is 9.59 Å². The number of hydrogen-bond acceptors (Lipinski definition) is 2. The van der Waals surface area contributed by atoms with E-state index in [-0.39, 0.29) is 5.91 Å². The largest absolute Gasteiger partial charge is 0.368 e. The number of carbonyl (C=O) groups excluding carboxylic acids is 2. The Balaban J connectivity index is 2.46. The van der Waals surface area contributed by atoms with Gasteiger partial charge in [0.2, 0.25) is 11.8 Å². The molecule has 0 unspecified atom stereocenters. The lowest BCUT2D eigenvalue weighted by Gasteiger charge is -2.31. The molecule has 0 bridgehead atoms. The topological polar surface area (TPSA) is 72.2 Å². The average Bonchev–Trinajstić information content (AvgIpc) is 2.59. The van der Waals surface area contributed by atoms with Crippen molar-refractivity contribution in [2.24, 2.45) is 5.73 Å². The molecule has 2 aromatic rings. The Labute approximate surface area is 136 Å². The number of nitrogens with two attached hydrogens (primary N) is 1. The summed E-state index contributed by atoms with van der Waals surface area (Å²) in [4.78, 5) is 24.5. The summed E-state index contributed by atoms with van der Waals surface area (Å²) in [6.07, 6.45) is 0.459. The van der Waals surface area contributed by atoms with E-state index in [4.69, 9.17) is 5.73 Å². The second-order valence-electron chi connectivity index (χ2n) is 5.69. The zero-order chi connectivity index (χ0) is 16.9. The van der Waals surface area contributed by atoms with Gasteiger partial charge in [0.25, 0.3) is 0 Å². The van der Waals surface area contributed by atoms with Crippen LogP contribution in [0.5, 0.6) is 0 Å². The molecule has 0 saturated heterocycles. The Bertz CT molecular complexity index is 629. The van der Waals surface area contributed by atoms with Gasteiger partial charge in [0.15, 0.2) is 0 Å². The zero-order valence-corrected chi connectivity index (χ0v) is 13.5. The molecule has 3 N–H and O–H groups in total. The first-order valence-corrected chi connectivity index (χ1v) is 7.71. The van der Waals surface area contributed by atoms with Gasteiger partial charge >= 0.3 is 0 Å². The van der Waals surface area contributed by atoms with Crippen LogP contribution in [0.25, 0.3) is 0 Å². The molecular formula is C19H22N2O2. The highest BCUT2D eigenvalue weighted by Gasteiger charge is 2.38. The molecule has 0 heterocycles. The normalized spacial score (nSPS) is 12.4. The summed E-state index contributed by atoms with van der Waals surface area (Å²) in [5, 5.41) is 2.79. The van der Waals surface area contributed by atoms with Crippen LogP contribution in [0.4, 0.5) is 0 Å². The van der Waals surface area contributed by atoms with Gasteiger partial charge in [-0.25, -0.2) is 0 Å². The monoisotopic (exact) mass is 310 g/mol. The molecule has 120 valence electrons. The van der Waals surface area contributed by atoms with Gasteiger partial charge in [0.05, 0.1) is 5.41 Å². The first-order valence-electron chi connectivity index (χ1n) is 7.71. The summed E-state index contributed by atoms with van der Waals surface area (Å²) in [5.74, 6) is -0.759. The lowest BCUT2D eigenvalue weighted by Crippen LogP contribution is -2.51. The van der Waals surface area contributed by atoms with E-state index >= 15 is 0 Å². The first kappa shape index (κ1) is 16.7. The van der Waals surface area contributed by atoms with E-state index in [0.717, 1.165) is 11.1 Å². The maximum atomic E-state index is 13.0. The molecule has 2 amide bonds. The van der Waals surface area contributed by atoms with E-state index < -0.39 is 17.4 Å². The van der Waals surface area contributed by atoms with Crippen LogP contribution < -0.4 is 11.1 Å². The molecule has 0 aliphatic heterocycles. The molecule has 0 saturated carbocycles. The van der Waals surface area contributed by atoms with Crippen molar-refractivity contribution in [1.29, 1.82) is 0 Å². The highest BCUT2D eigenvalue weighted by atomic mass is 16.2. The lowest BCUT2D eigenvalue weighted by atomic mass is 9.75. The fourth-order valence-corrected chi connectivity index (χ4v) is 2.65. The standard InChI is InChI=1S/C19H22N2O2/c1-3-16(17(20)22)21-18(23)19(2,14-10-6-4-7-11-14)15-12-8-5-9-13-15/h4-13,16H,3H2,1-2H3,(H2,20,22)(H,21,23)/t16-/m0/s1. The number of primary amides is 1. The molecular weight excluding hydrogens is 288 g/mol. The third-order valence-electron chi connectivity index (χ3n) is 4.21. The molecule has 0 fully saturated rings. The van der Waals surface area contributed by atoms with E-state index in [9.17, 15) is 9.59 Å². The summed E-state index contributed by atoms with van der Waals surface area (Å²) >= 11 is 0. The second kappa shape index (κ2) is 7.09. The van der Waals surface area contributed by atoms with Crippen LogP contribution in [0.3, 0.4) is 0 Å². The third kappa shape index (κ3) is 3.42. The minimum absolute atomic E-state index is 0.236. The van der Waals surface area contributed by atoms with Crippen LogP contribution >= 0.6 is 0 Å². The van der Waals surface area contributed by atoms with Gasteiger partial charge in [0, 0.05) is 0 Å². The predicted octanol–water partition coefficient (Wildman–Crippen LogP) is 2.37. The van der Waals surface area contributed by atoms with Crippen molar-refractivity contribution in [3.8, 4) is 0 Å². The average molecular weight is 310 g/mol. The maximum Gasteiger partial charge on any atom is 0.239 e. The number of rotatable bonds is 6. The SMILES string of the molecule is CC[C@H](NC(=O)C(C)(c1ccccc1)c1ccccc1)C(N)=O. The Hall–Kier alpha value is -2.62. The van der Waals surface area contributed by atoms with Crippen molar-refractivity contribution in [3.63, 3.8) is 0 Å². The molecule has 2 aromatic carbocycles. The van der Waals surface area contributed by atoms with Gasteiger partial charge in [-0.3, -0.25) is 9.59 Å². The molecule has 4 nitrogen and oxygen atoms in total. The number of hydrogen-bond donors (Lipinski definition) is 2. The predicted molar refractivity (Wildman–Crippen MR) is 90.8 cm³/mol. The molecule has 4 heteroatoms. The van der Waals surface area contributed by atoms with Crippen LogP contribution in [-0.2, 0) is 15.0 Å². The first-order chi connectivity index (χ1) is 11.0. The molecule has 2 rings (SSSR count). The van der Waals surface area contributed by atoms with Crippen LogP contribution in [-0.4, -0.2) is 17.9 Å². The molecule has 0 spiro atoms. The number of nitrogens with one attached hydrogen (secondary N) is 1. The fourth-order valence-electron chi connectivity index (χ4n) is 2.65. The van der Waals surface area contributed by atoms with Crippen molar-refractivity contribution in [2.75, 3.05) is 0 Å². The quantitative estimate of drug-likeness (QED) is 0.860. The number of amides is 2. The molecule has 1 atom stereocenters. The van der Waals surface area contributed by atoms with E-state index in [2.05, 4.69) is 5.32 Å². The van der Waals surface area contributed by atoms with Crippen molar-refractivity contribution >= 4 is 11.8 Å². The fraction of sp³-hybridized carbons (Fsp3) is 0.263. The van der Waals surface area contributed by atoms with Gasteiger partial charge in [-0.1, -0.05) is 67.6 Å². The van der Waals surface area contributed by atoms with Crippen molar-refractivity contribution in [3.05, 3.63) is 71.8 Å². The maximum absolute atomic E-state index is 13.0. The molecule has 0 aliphatic carbocycles. The summed E-state index contributed by atoms with van der Waals surface area (Å²) in [6, 6.07) is 18.4. The van der Waals surface area contributed by atoms with Gasteiger partial charge in [-0.15, -0.1) is 0 Å². The van der Waals surface area contributed by atoms with E-state index in [1.807, 2.05) is 74.5 Å². The zero-order valence-electron chi connectivity index (χ0n) is 13.5. The van der Waals surface area contributed by atoms with Crippen LogP contribution in [0.2, 0.25) is 0 Å². The third-order valence-corrected chi connectivity index (χ3v) is 4.21. The highest BCUT2D eigenvalue weighted by molar-refractivity contribution is 5.95. The molecule has 23 heavy (non-hydrogen) atoms. The number of benzene rings is 2. The Morgan fingerprint density at radius 1 is 1.00 bits per heavy atom. The van der Waals surface area contributed by atoms with E-state index in [1.54, 1.807) is 0 Å². The Morgan fingerprint density at radius 2 is 1.43 bits per heavy atom. The second-order valence-corrected chi connectivity index (χ2v) is 5.69. The minimum Gasteiger partial charge on any atom is -0.368 e. The van der Waals surface area contributed by atoms with Crippen molar-refractivity contribution in [1.82, 2.24) is 5.32 Å². The van der Waals surface area contributed by atoms with Crippen molar-refractivity contribution in [2.45, 2.75) is 31.7 Å². The summed E-state index contributed by atoms with van der Waals surface area (Å²) in [6.45, 7) is 3.68. The van der Waals surface area contributed by atoms with E-state index in [1.165, 1.54) is 0 Å². The summed E-state index contributed by atoms with van der Waals surface area (Å²) in [5.41, 5.74) is 6.19. The summed E-state index contributed by atoms with van der Waals surface area (Å²) < 4.78 is 0. The summed E-state index contributed by atoms with van der Waals surface area (Å²) in [7, 11) is 0. The minimum atomic E-state index is -0.897. The lowest BCUT2D eigenvalue weighted by molar-refractivity contribution is -0.129. The van der Waals surface area contributed by atoms with Gasteiger partial charge in [-0.05, 0) is 24.5 Å². The van der Waals surface area contributed by atoms with Gasteiger partial charge in [-0.2, -0.15) is 0 Å². The Morgan fingerprint density at radius 3 is 1.78 bits per heavy atom. The van der Waals surface area contributed by atoms with E-state index in [0.29, 0.717) is 6.42 Å². The van der Waals surface area contributed by atoms with Gasteiger partial charge < -0.3 is 11.1 Å². The molecule has 0 radical (unpaired) electrons. The highest BCUT2D eigenvalue weighted by Crippen LogP contribution is 2.32. The van der Waals surface area contributed by atoms with Gasteiger partial charge in [0.1, 0.15) is 6.04 Å². The smallest absolute Gasteiger partial charge is 0.239 e. The van der Waals surface area contributed by atoms with Crippen LogP contribution in [0.1, 0.15) is 31.4 Å². The molecule has 0 aliphatic rings. The number of carbonyl (C=O) groups is 2. The van der Waals surface area contributed by atoms with Crippen LogP contribution in [0.15, 0.2) is 60.7 Å².